The highest BCUT2D eigenvalue weighted by Crippen LogP contribution is 2.34. The number of anilines is 1. The van der Waals surface area contributed by atoms with Crippen LogP contribution in [-0.2, 0) is 4.79 Å². The van der Waals surface area contributed by atoms with Crippen LogP contribution in [0.4, 0.5) is 15.8 Å². The highest BCUT2D eigenvalue weighted by molar-refractivity contribution is 5.74. The fourth-order valence-electron chi connectivity index (χ4n) is 1.93. The maximum atomic E-state index is 14.1. The summed E-state index contributed by atoms with van der Waals surface area (Å²) in [6.07, 6.45) is 0. The van der Waals surface area contributed by atoms with Crippen LogP contribution in [0.25, 0.3) is 0 Å². The van der Waals surface area contributed by atoms with Crippen molar-refractivity contribution in [2.75, 3.05) is 25.1 Å². The Hall–Kier alpha value is -2.38. The van der Waals surface area contributed by atoms with Gasteiger partial charge in [0, 0.05) is 12.6 Å². The summed E-state index contributed by atoms with van der Waals surface area (Å²) in [5, 5.41) is 19.7. The Kier molecular flexibility index (Phi) is 5.45. The van der Waals surface area contributed by atoms with Crippen LogP contribution >= 0.6 is 0 Å². The van der Waals surface area contributed by atoms with Crippen LogP contribution in [-0.4, -0.2) is 36.2 Å². The van der Waals surface area contributed by atoms with Crippen molar-refractivity contribution in [2.45, 2.75) is 13.8 Å². The topological polar surface area (TPSA) is 92.9 Å². The predicted octanol–water partition coefficient (Wildman–Crippen LogP) is 2.29. The van der Waals surface area contributed by atoms with Gasteiger partial charge in [-0.25, -0.2) is 4.39 Å². The molecule has 116 valence electrons. The number of ether oxygens (including phenoxy) is 1. The molecule has 0 amide bonds. The van der Waals surface area contributed by atoms with Crippen LogP contribution in [0, 0.1) is 21.8 Å². The number of carboxylic acid groups (broad SMARTS) is 1. The van der Waals surface area contributed by atoms with Crippen molar-refractivity contribution in [2.24, 2.45) is 5.92 Å². The van der Waals surface area contributed by atoms with Gasteiger partial charge in [0.15, 0.2) is 11.6 Å². The summed E-state index contributed by atoms with van der Waals surface area (Å²) in [7, 11) is 1.23. The Labute approximate surface area is 121 Å². The lowest BCUT2D eigenvalue weighted by atomic mass is 10.1. The number of nitrogens with zero attached hydrogens (tertiary/aromatic N) is 2. The van der Waals surface area contributed by atoms with Gasteiger partial charge in [0.2, 0.25) is 0 Å². The molecule has 1 aromatic rings. The summed E-state index contributed by atoms with van der Waals surface area (Å²) in [5.41, 5.74) is -0.535. The normalized spacial score (nSPS) is 10.5. The summed E-state index contributed by atoms with van der Waals surface area (Å²) in [4.78, 5) is 22.3. The first kappa shape index (κ1) is 16.7. The SMILES string of the molecule is COc1cc(N(CC(=O)O)CC(C)C)c(F)cc1[N+](=O)[O-]. The van der Waals surface area contributed by atoms with Gasteiger partial charge >= 0.3 is 11.7 Å². The summed E-state index contributed by atoms with van der Waals surface area (Å²) < 4.78 is 19.0. The third kappa shape index (κ3) is 4.30. The van der Waals surface area contributed by atoms with Gasteiger partial charge in [-0.2, -0.15) is 0 Å². The minimum atomic E-state index is -1.12. The first-order valence-corrected chi connectivity index (χ1v) is 6.25. The van der Waals surface area contributed by atoms with E-state index in [0.717, 1.165) is 12.1 Å². The minimum Gasteiger partial charge on any atom is -0.490 e. The van der Waals surface area contributed by atoms with E-state index in [1.807, 2.05) is 13.8 Å². The quantitative estimate of drug-likeness (QED) is 0.613. The van der Waals surface area contributed by atoms with Gasteiger partial charge in [-0.15, -0.1) is 0 Å². The fourth-order valence-corrected chi connectivity index (χ4v) is 1.93. The number of benzene rings is 1. The van der Waals surface area contributed by atoms with Crippen molar-refractivity contribution in [3.63, 3.8) is 0 Å². The lowest BCUT2D eigenvalue weighted by Crippen LogP contribution is -2.33. The average molecular weight is 300 g/mol. The molecule has 0 radical (unpaired) electrons. The second-order valence-corrected chi connectivity index (χ2v) is 4.90. The Morgan fingerprint density at radius 1 is 1.52 bits per heavy atom. The van der Waals surface area contributed by atoms with Gasteiger partial charge in [-0.05, 0) is 5.92 Å². The molecule has 0 saturated heterocycles. The zero-order chi connectivity index (χ0) is 16.2. The molecule has 0 saturated carbocycles. The molecule has 0 aliphatic rings. The standard InChI is InChI=1S/C13H17FN2O5/c1-8(2)6-15(7-13(17)18)10-5-12(21-3)11(16(19)20)4-9(10)14/h4-5,8H,6-7H2,1-3H3,(H,17,18). The van der Waals surface area contributed by atoms with Crippen molar-refractivity contribution in [3.8, 4) is 5.75 Å². The van der Waals surface area contributed by atoms with E-state index in [1.54, 1.807) is 0 Å². The smallest absolute Gasteiger partial charge is 0.323 e. The summed E-state index contributed by atoms with van der Waals surface area (Å²) in [5.74, 6) is -2.00. The second kappa shape index (κ2) is 6.87. The number of aliphatic carboxylic acids is 1. The molecule has 0 spiro atoms. The zero-order valence-corrected chi connectivity index (χ0v) is 12.0. The number of methoxy groups -OCH3 is 1. The predicted molar refractivity (Wildman–Crippen MR) is 74.3 cm³/mol. The lowest BCUT2D eigenvalue weighted by molar-refractivity contribution is -0.385. The van der Waals surface area contributed by atoms with Gasteiger partial charge in [0.1, 0.15) is 6.54 Å². The molecule has 0 atom stereocenters. The van der Waals surface area contributed by atoms with E-state index in [9.17, 15) is 19.3 Å². The lowest BCUT2D eigenvalue weighted by Gasteiger charge is -2.25. The maximum absolute atomic E-state index is 14.1. The van der Waals surface area contributed by atoms with Crippen molar-refractivity contribution in [1.29, 1.82) is 0 Å². The highest BCUT2D eigenvalue weighted by atomic mass is 19.1. The third-order valence-electron chi connectivity index (χ3n) is 2.70. The average Bonchev–Trinajstić information content (AvgIpc) is 2.36. The molecule has 0 aliphatic carbocycles. The van der Waals surface area contributed by atoms with Gasteiger partial charge in [-0.1, -0.05) is 13.8 Å². The number of carboxylic acids is 1. The van der Waals surface area contributed by atoms with Crippen LogP contribution in [0.15, 0.2) is 12.1 Å². The van der Waals surface area contributed by atoms with Crippen LogP contribution in [0.2, 0.25) is 0 Å². The first-order chi connectivity index (χ1) is 9.76. The number of carbonyl (C=O) groups is 1. The van der Waals surface area contributed by atoms with Crippen molar-refractivity contribution < 1.29 is 24.0 Å². The highest BCUT2D eigenvalue weighted by Gasteiger charge is 2.23. The summed E-state index contributed by atoms with van der Waals surface area (Å²) in [6, 6.07) is 1.89. The van der Waals surface area contributed by atoms with Crippen LogP contribution in [0.5, 0.6) is 5.75 Å². The van der Waals surface area contributed by atoms with E-state index in [4.69, 9.17) is 9.84 Å². The monoisotopic (exact) mass is 300 g/mol. The van der Waals surface area contributed by atoms with E-state index in [2.05, 4.69) is 0 Å². The van der Waals surface area contributed by atoms with Crippen LogP contribution < -0.4 is 9.64 Å². The molecule has 1 aromatic carbocycles. The number of hydrogen-bond donors (Lipinski definition) is 1. The van der Waals surface area contributed by atoms with Crippen LogP contribution in [0.3, 0.4) is 0 Å². The molecule has 0 aromatic heterocycles. The summed E-state index contributed by atoms with van der Waals surface area (Å²) in [6.45, 7) is 3.60. The fraction of sp³-hybridized carbons (Fsp3) is 0.462. The number of nitro benzene ring substituents is 1. The van der Waals surface area contributed by atoms with Crippen molar-refractivity contribution >= 4 is 17.3 Å². The molecule has 0 fully saturated rings. The Balaban J connectivity index is 3.30. The number of hydrogen-bond acceptors (Lipinski definition) is 5. The molecule has 0 aliphatic heterocycles. The van der Waals surface area contributed by atoms with E-state index in [-0.39, 0.29) is 17.4 Å². The van der Waals surface area contributed by atoms with Gasteiger partial charge < -0.3 is 14.7 Å². The number of halogens is 1. The van der Waals surface area contributed by atoms with Crippen molar-refractivity contribution in [1.82, 2.24) is 0 Å². The Morgan fingerprint density at radius 3 is 2.57 bits per heavy atom. The van der Waals surface area contributed by atoms with Gasteiger partial charge in [0.05, 0.1) is 23.8 Å². The molecule has 1 rings (SSSR count). The zero-order valence-electron chi connectivity index (χ0n) is 12.0. The molecule has 0 unspecified atom stereocenters. The van der Waals surface area contributed by atoms with Crippen molar-refractivity contribution in [3.05, 3.63) is 28.1 Å². The molecule has 8 heteroatoms. The van der Waals surface area contributed by atoms with E-state index in [1.165, 1.54) is 12.0 Å². The maximum Gasteiger partial charge on any atom is 0.323 e. The van der Waals surface area contributed by atoms with Gasteiger partial charge in [-0.3, -0.25) is 14.9 Å². The molecular weight excluding hydrogens is 283 g/mol. The number of nitro groups is 1. The molecule has 7 nitrogen and oxygen atoms in total. The molecule has 21 heavy (non-hydrogen) atoms. The second-order valence-electron chi connectivity index (χ2n) is 4.90. The van der Waals surface area contributed by atoms with E-state index in [0.29, 0.717) is 6.54 Å². The minimum absolute atomic E-state index is 0.0337. The third-order valence-corrected chi connectivity index (χ3v) is 2.70. The molecule has 1 N–H and O–H groups in total. The number of rotatable bonds is 7. The van der Waals surface area contributed by atoms with Crippen LogP contribution in [0.1, 0.15) is 13.8 Å². The largest absolute Gasteiger partial charge is 0.490 e. The molecule has 0 heterocycles. The Morgan fingerprint density at radius 2 is 2.14 bits per heavy atom. The first-order valence-electron chi connectivity index (χ1n) is 6.25. The molecular formula is C13H17FN2O5. The van der Waals surface area contributed by atoms with Gasteiger partial charge in [0.25, 0.3) is 0 Å². The molecule has 0 bridgehead atoms. The van der Waals surface area contributed by atoms with E-state index >= 15 is 0 Å². The van der Waals surface area contributed by atoms with E-state index < -0.39 is 28.9 Å². The Bertz CT molecular complexity index is 548. The summed E-state index contributed by atoms with van der Waals surface area (Å²) >= 11 is 0.